The molecule has 2 aliphatic rings. The van der Waals surface area contributed by atoms with E-state index in [1.54, 1.807) is 4.90 Å². The molecule has 0 N–H and O–H groups in total. The minimum absolute atomic E-state index is 0.00722. The third-order valence-electron chi connectivity index (χ3n) is 3.12. The lowest BCUT2D eigenvalue weighted by Crippen LogP contribution is -2.46. The zero-order chi connectivity index (χ0) is 11.2. The average molecular weight is 210 g/mol. The van der Waals surface area contributed by atoms with Crippen molar-refractivity contribution in [2.75, 3.05) is 6.54 Å². The van der Waals surface area contributed by atoms with Gasteiger partial charge < -0.3 is 4.90 Å². The van der Waals surface area contributed by atoms with E-state index in [0.717, 1.165) is 25.8 Å². The van der Waals surface area contributed by atoms with Gasteiger partial charge in [-0.1, -0.05) is 0 Å². The fourth-order valence-corrected chi connectivity index (χ4v) is 2.41. The maximum Gasteiger partial charge on any atom is 0.327 e. The minimum atomic E-state index is -0.397. The molecule has 0 aromatic heterocycles. The number of carbonyl (C=O) groups excluding carboxylic acids is 2. The third kappa shape index (κ3) is 1.52. The lowest BCUT2D eigenvalue weighted by atomic mass is 10.0. The highest BCUT2D eigenvalue weighted by molar-refractivity contribution is 6.05. The number of hydrogen-bond acceptors (Lipinski definition) is 2. The Kier molecular flexibility index (Phi) is 2.24. The first-order valence-corrected chi connectivity index (χ1v) is 5.57. The second-order valence-corrected chi connectivity index (χ2v) is 5.33. The number of piperidine rings is 1. The maximum atomic E-state index is 12.1. The Hall–Kier alpha value is -1.06. The van der Waals surface area contributed by atoms with Gasteiger partial charge in [0.05, 0.1) is 0 Å². The van der Waals surface area contributed by atoms with Crippen LogP contribution in [0.3, 0.4) is 0 Å². The van der Waals surface area contributed by atoms with Crippen molar-refractivity contribution in [3.63, 3.8) is 0 Å². The van der Waals surface area contributed by atoms with Crippen LogP contribution in [-0.2, 0) is 4.79 Å². The van der Waals surface area contributed by atoms with Crippen molar-refractivity contribution in [3.8, 4) is 0 Å². The first kappa shape index (κ1) is 10.5. The first-order valence-electron chi connectivity index (χ1n) is 5.57. The molecule has 0 bridgehead atoms. The van der Waals surface area contributed by atoms with Crippen LogP contribution in [0.4, 0.5) is 4.79 Å². The predicted octanol–water partition coefficient (Wildman–Crippen LogP) is 1.60. The van der Waals surface area contributed by atoms with Gasteiger partial charge in [0.15, 0.2) is 0 Å². The van der Waals surface area contributed by atoms with E-state index in [1.165, 1.54) is 4.90 Å². The molecule has 4 nitrogen and oxygen atoms in total. The van der Waals surface area contributed by atoms with E-state index in [1.807, 2.05) is 20.8 Å². The number of nitrogens with zero attached hydrogens (tertiary/aromatic N) is 2. The quantitative estimate of drug-likeness (QED) is 0.570. The number of hydrogen-bond donors (Lipinski definition) is 0. The third-order valence-corrected chi connectivity index (χ3v) is 3.12. The molecule has 2 fully saturated rings. The number of imide groups is 1. The van der Waals surface area contributed by atoms with Crippen LogP contribution in [-0.4, -0.2) is 39.9 Å². The summed E-state index contributed by atoms with van der Waals surface area (Å²) in [5.41, 5.74) is -0.397. The average Bonchev–Trinajstić information content (AvgIpc) is 2.39. The minimum Gasteiger partial charge on any atom is -0.312 e. The van der Waals surface area contributed by atoms with E-state index in [-0.39, 0.29) is 18.0 Å². The van der Waals surface area contributed by atoms with Gasteiger partial charge in [0.2, 0.25) is 0 Å². The van der Waals surface area contributed by atoms with E-state index < -0.39 is 5.54 Å². The molecule has 1 unspecified atom stereocenters. The molecule has 2 saturated heterocycles. The summed E-state index contributed by atoms with van der Waals surface area (Å²) in [7, 11) is 0. The van der Waals surface area contributed by atoms with E-state index in [2.05, 4.69) is 0 Å². The first-order chi connectivity index (χ1) is 6.93. The smallest absolute Gasteiger partial charge is 0.312 e. The lowest BCUT2D eigenvalue weighted by molar-refractivity contribution is -0.131. The van der Waals surface area contributed by atoms with E-state index >= 15 is 0 Å². The van der Waals surface area contributed by atoms with Crippen LogP contribution in [0.2, 0.25) is 0 Å². The second kappa shape index (κ2) is 3.22. The van der Waals surface area contributed by atoms with E-state index in [9.17, 15) is 9.59 Å². The molecule has 0 spiro atoms. The molecule has 1 atom stereocenters. The van der Waals surface area contributed by atoms with Gasteiger partial charge in [-0.25, -0.2) is 4.79 Å². The molecule has 0 aromatic carbocycles. The van der Waals surface area contributed by atoms with Crippen molar-refractivity contribution in [2.24, 2.45) is 0 Å². The Bertz CT molecular complexity index is 282. The molecule has 0 aromatic rings. The van der Waals surface area contributed by atoms with Gasteiger partial charge in [-0.15, -0.1) is 0 Å². The topological polar surface area (TPSA) is 40.6 Å². The maximum absolute atomic E-state index is 12.1. The van der Waals surface area contributed by atoms with Crippen LogP contribution in [0.5, 0.6) is 0 Å². The summed E-state index contributed by atoms with van der Waals surface area (Å²) in [6.45, 7) is 6.45. The molecular weight excluding hydrogens is 192 g/mol. The van der Waals surface area contributed by atoms with E-state index in [0.29, 0.717) is 0 Å². The monoisotopic (exact) mass is 210 g/mol. The van der Waals surface area contributed by atoms with Gasteiger partial charge in [-0.05, 0) is 40.0 Å². The highest BCUT2D eigenvalue weighted by Crippen LogP contribution is 2.31. The number of amides is 3. The molecular formula is C11H18N2O2. The molecule has 0 radical (unpaired) electrons. The zero-order valence-corrected chi connectivity index (χ0v) is 9.62. The van der Waals surface area contributed by atoms with Crippen molar-refractivity contribution in [3.05, 3.63) is 0 Å². The summed E-state index contributed by atoms with van der Waals surface area (Å²) < 4.78 is 0. The predicted molar refractivity (Wildman–Crippen MR) is 56.3 cm³/mol. The molecule has 2 aliphatic heterocycles. The van der Waals surface area contributed by atoms with Crippen LogP contribution < -0.4 is 0 Å². The summed E-state index contributed by atoms with van der Waals surface area (Å²) in [4.78, 5) is 27.2. The summed E-state index contributed by atoms with van der Waals surface area (Å²) in [5.74, 6) is -0.00722. The van der Waals surface area contributed by atoms with Gasteiger partial charge in [0.25, 0.3) is 5.91 Å². The fraction of sp³-hybridized carbons (Fsp3) is 0.818. The molecule has 0 saturated carbocycles. The van der Waals surface area contributed by atoms with Crippen LogP contribution in [0.1, 0.15) is 40.0 Å². The molecule has 15 heavy (non-hydrogen) atoms. The SMILES string of the molecule is CC(C)(C)N1C(=O)C2CCCCN2C1=O. The van der Waals surface area contributed by atoms with Crippen molar-refractivity contribution >= 4 is 11.9 Å². The van der Waals surface area contributed by atoms with Gasteiger partial charge >= 0.3 is 6.03 Å². The van der Waals surface area contributed by atoms with Crippen molar-refractivity contribution in [2.45, 2.75) is 51.6 Å². The lowest BCUT2D eigenvalue weighted by Gasteiger charge is -2.29. The molecule has 2 rings (SSSR count). The van der Waals surface area contributed by atoms with Crippen LogP contribution in [0, 0.1) is 0 Å². The summed E-state index contributed by atoms with van der Waals surface area (Å²) >= 11 is 0. The van der Waals surface area contributed by atoms with Crippen LogP contribution in [0.25, 0.3) is 0 Å². The van der Waals surface area contributed by atoms with Crippen molar-refractivity contribution in [1.29, 1.82) is 0 Å². The fourth-order valence-electron chi connectivity index (χ4n) is 2.41. The summed E-state index contributed by atoms with van der Waals surface area (Å²) in [6.07, 6.45) is 2.91. The Morgan fingerprint density at radius 1 is 1.20 bits per heavy atom. The van der Waals surface area contributed by atoms with Gasteiger partial charge in [-0.2, -0.15) is 0 Å². The molecule has 0 aliphatic carbocycles. The summed E-state index contributed by atoms with van der Waals surface area (Å²) in [6, 6.07) is -0.275. The van der Waals surface area contributed by atoms with Crippen LogP contribution >= 0.6 is 0 Å². The number of carbonyl (C=O) groups is 2. The number of urea groups is 1. The van der Waals surface area contributed by atoms with Gasteiger partial charge in [-0.3, -0.25) is 9.69 Å². The van der Waals surface area contributed by atoms with Crippen molar-refractivity contribution < 1.29 is 9.59 Å². The van der Waals surface area contributed by atoms with Crippen LogP contribution in [0.15, 0.2) is 0 Å². The Morgan fingerprint density at radius 3 is 2.40 bits per heavy atom. The van der Waals surface area contributed by atoms with Crippen molar-refractivity contribution in [1.82, 2.24) is 9.80 Å². The highest BCUT2D eigenvalue weighted by atomic mass is 16.2. The number of fused-ring (bicyclic) bond motifs is 1. The Labute approximate surface area is 90.2 Å². The summed E-state index contributed by atoms with van der Waals surface area (Å²) in [5, 5.41) is 0. The highest BCUT2D eigenvalue weighted by Gasteiger charge is 2.49. The molecule has 2 heterocycles. The standard InChI is InChI=1S/C11H18N2O2/c1-11(2,3)13-9(14)8-6-4-5-7-12(8)10(13)15/h8H,4-7H2,1-3H3. The van der Waals surface area contributed by atoms with Gasteiger partial charge in [0, 0.05) is 12.1 Å². The Morgan fingerprint density at radius 2 is 1.87 bits per heavy atom. The largest absolute Gasteiger partial charge is 0.327 e. The molecule has 84 valence electrons. The second-order valence-electron chi connectivity index (χ2n) is 5.33. The number of rotatable bonds is 0. The van der Waals surface area contributed by atoms with E-state index in [4.69, 9.17) is 0 Å². The Balaban J connectivity index is 2.29. The van der Waals surface area contributed by atoms with Gasteiger partial charge in [0.1, 0.15) is 6.04 Å². The zero-order valence-electron chi connectivity index (χ0n) is 9.62. The molecule has 3 amide bonds. The molecule has 4 heteroatoms. The normalized spacial score (nSPS) is 27.3.